The fraction of sp³-hybridized carbons (Fsp3) is 0.346. The molecule has 2 atom stereocenters. The highest BCUT2D eigenvalue weighted by molar-refractivity contribution is 5.99. The monoisotopic (exact) mass is 497 g/mol. The number of piperidine rings is 1. The molecule has 2 heterocycles. The highest BCUT2D eigenvalue weighted by Crippen LogP contribution is 2.34. The first-order valence-corrected chi connectivity index (χ1v) is 11.7. The molecule has 190 valence electrons. The lowest BCUT2D eigenvalue weighted by Gasteiger charge is -2.43. The third-order valence-corrected chi connectivity index (χ3v) is 6.62. The average Bonchev–Trinajstić information content (AvgIpc) is 3.36. The highest BCUT2D eigenvalue weighted by Gasteiger charge is 2.42. The van der Waals surface area contributed by atoms with E-state index in [2.05, 4.69) is 15.4 Å². The second kappa shape index (κ2) is 11.0. The van der Waals surface area contributed by atoms with Gasteiger partial charge < -0.3 is 15.2 Å². The summed E-state index contributed by atoms with van der Waals surface area (Å²) in [5.41, 5.74) is -0.0875. The molecule has 36 heavy (non-hydrogen) atoms. The number of benzene rings is 2. The van der Waals surface area contributed by atoms with Crippen LogP contribution in [-0.4, -0.2) is 56.9 Å². The second-order valence-corrected chi connectivity index (χ2v) is 8.88. The molecule has 0 unspecified atom stereocenters. The number of aliphatic hydroxyl groups is 1. The molecule has 0 saturated carbocycles. The average molecular weight is 498 g/mol. The maximum atomic E-state index is 14.8. The normalized spacial score (nSPS) is 16.8. The van der Waals surface area contributed by atoms with E-state index in [-0.39, 0.29) is 18.0 Å². The quantitative estimate of drug-likeness (QED) is 0.463. The molecular weight excluding hydrogens is 468 g/mol. The Balaban J connectivity index is 1.46. The highest BCUT2D eigenvalue weighted by atomic mass is 19.1. The second-order valence-electron chi connectivity index (χ2n) is 8.88. The SMILES string of the molecule is COc1cccc(NC(=O)C=C2CCN([C@H](C)[C@](O)(Cn3cncn3)c3ccc(F)cc3F)CC2)c1. The van der Waals surface area contributed by atoms with Crippen molar-refractivity contribution in [2.75, 3.05) is 25.5 Å². The Morgan fingerprint density at radius 3 is 2.69 bits per heavy atom. The number of aromatic nitrogens is 3. The standard InChI is InChI=1S/C26H29F2N5O3/c1-18(26(35,15-33-17-29-16-30-33)23-7-6-20(27)13-24(23)28)32-10-8-19(9-11-32)12-25(34)31-21-4-3-5-22(14-21)36-2/h3-7,12-14,16-18,35H,8-11,15H2,1-2H3,(H,31,34)/t18-,26-/m1/s1. The van der Waals surface area contributed by atoms with E-state index in [1.54, 1.807) is 37.5 Å². The van der Waals surface area contributed by atoms with Gasteiger partial charge in [0.25, 0.3) is 0 Å². The number of likely N-dealkylation sites (tertiary alicyclic amines) is 1. The minimum Gasteiger partial charge on any atom is -0.497 e. The molecule has 2 aromatic carbocycles. The number of halogens is 2. The van der Waals surface area contributed by atoms with E-state index in [9.17, 15) is 18.7 Å². The smallest absolute Gasteiger partial charge is 0.248 e. The van der Waals surface area contributed by atoms with Crippen molar-refractivity contribution in [1.82, 2.24) is 19.7 Å². The zero-order valence-corrected chi connectivity index (χ0v) is 20.2. The number of rotatable bonds is 8. The number of carbonyl (C=O) groups excluding carboxylic acids is 1. The predicted molar refractivity (Wildman–Crippen MR) is 130 cm³/mol. The maximum Gasteiger partial charge on any atom is 0.248 e. The number of hydrogen-bond acceptors (Lipinski definition) is 6. The molecule has 8 nitrogen and oxygen atoms in total. The molecule has 0 aliphatic carbocycles. The Labute approximate surface area is 208 Å². The van der Waals surface area contributed by atoms with Crippen LogP contribution in [-0.2, 0) is 16.9 Å². The summed E-state index contributed by atoms with van der Waals surface area (Å²) in [5.74, 6) is -1.11. The number of ether oxygens (including phenoxy) is 1. The lowest BCUT2D eigenvalue weighted by atomic mass is 9.84. The van der Waals surface area contributed by atoms with Gasteiger partial charge in [-0.25, -0.2) is 18.4 Å². The summed E-state index contributed by atoms with van der Waals surface area (Å²) < 4.78 is 35.0. The van der Waals surface area contributed by atoms with Crippen molar-refractivity contribution in [1.29, 1.82) is 0 Å². The van der Waals surface area contributed by atoms with Gasteiger partial charge >= 0.3 is 0 Å². The summed E-state index contributed by atoms with van der Waals surface area (Å²) in [6.07, 6.45) is 5.60. The van der Waals surface area contributed by atoms with E-state index in [1.165, 1.54) is 23.4 Å². The molecule has 0 spiro atoms. The van der Waals surface area contributed by atoms with Gasteiger partial charge in [-0.15, -0.1) is 0 Å². The van der Waals surface area contributed by atoms with Gasteiger partial charge in [-0.2, -0.15) is 5.10 Å². The van der Waals surface area contributed by atoms with Gasteiger partial charge in [-0.05, 0) is 38.0 Å². The van der Waals surface area contributed by atoms with Crippen molar-refractivity contribution in [3.05, 3.63) is 84.0 Å². The molecule has 0 bridgehead atoms. The zero-order chi connectivity index (χ0) is 25.7. The van der Waals surface area contributed by atoms with Crippen LogP contribution in [0.5, 0.6) is 5.75 Å². The number of anilines is 1. The summed E-state index contributed by atoms with van der Waals surface area (Å²) in [6, 6.07) is 9.77. The number of hydrogen-bond donors (Lipinski definition) is 2. The first kappa shape index (κ1) is 25.5. The molecule has 3 aromatic rings. The molecule has 1 aromatic heterocycles. The number of carbonyl (C=O) groups is 1. The molecule has 1 fully saturated rings. The third-order valence-electron chi connectivity index (χ3n) is 6.62. The minimum absolute atomic E-state index is 0.00842. The van der Waals surface area contributed by atoms with Gasteiger partial charge in [-0.3, -0.25) is 9.69 Å². The van der Waals surface area contributed by atoms with Crippen LogP contribution in [0.25, 0.3) is 0 Å². The van der Waals surface area contributed by atoms with E-state index in [4.69, 9.17) is 4.74 Å². The number of amides is 1. The van der Waals surface area contributed by atoms with Crippen molar-refractivity contribution in [2.24, 2.45) is 0 Å². The van der Waals surface area contributed by atoms with Gasteiger partial charge in [0.05, 0.1) is 13.7 Å². The minimum atomic E-state index is -1.70. The maximum absolute atomic E-state index is 14.8. The lowest BCUT2D eigenvalue weighted by Crippen LogP contribution is -2.53. The Morgan fingerprint density at radius 2 is 2.03 bits per heavy atom. The Morgan fingerprint density at radius 1 is 1.25 bits per heavy atom. The molecule has 1 amide bonds. The van der Waals surface area contributed by atoms with Crippen molar-refractivity contribution in [3.63, 3.8) is 0 Å². The first-order chi connectivity index (χ1) is 17.3. The molecule has 1 saturated heterocycles. The third kappa shape index (κ3) is 5.77. The Bertz CT molecular complexity index is 1220. The summed E-state index contributed by atoms with van der Waals surface area (Å²) in [6.45, 7) is 2.87. The molecule has 4 rings (SSSR count). The van der Waals surface area contributed by atoms with Crippen LogP contribution in [0, 0.1) is 11.6 Å². The van der Waals surface area contributed by atoms with Crippen molar-refractivity contribution < 1.29 is 23.4 Å². The Hall–Kier alpha value is -3.63. The fourth-order valence-corrected chi connectivity index (χ4v) is 4.55. The van der Waals surface area contributed by atoms with Crippen LogP contribution in [0.1, 0.15) is 25.3 Å². The van der Waals surface area contributed by atoms with Crippen LogP contribution in [0.2, 0.25) is 0 Å². The topological polar surface area (TPSA) is 92.5 Å². The summed E-state index contributed by atoms with van der Waals surface area (Å²) in [7, 11) is 1.56. The molecule has 1 aliphatic rings. The summed E-state index contributed by atoms with van der Waals surface area (Å²) in [5, 5.41) is 18.7. The fourth-order valence-electron chi connectivity index (χ4n) is 4.55. The van der Waals surface area contributed by atoms with Gasteiger partial charge in [0.15, 0.2) is 0 Å². The van der Waals surface area contributed by atoms with Crippen molar-refractivity contribution in [2.45, 2.75) is 38.0 Å². The van der Waals surface area contributed by atoms with Crippen LogP contribution >= 0.6 is 0 Å². The predicted octanol–water partition coefficient (Wildman–Crippen LogP) is 3.50. The van der Waals surface area contributed by atoms with Crippen LogP contribution < -0.4 is 10.1 Å². The van der Waals surface area contributed by atoms with E-state index >= 15 is 0 Å². The van der Waals surface area contributed by atoms with Crippen LogP contribution in [0.3, 0.4) is 0 Å². The summed E-state index contributed by atoms with van der Waals surface area (Å²) >= 11 is 0. The van der Waals surface area contributed by atoms with Crippen LogP contribution in [0.4, 0.5) is 14.5 Å². The van der Waals surface area contributed by atoms with Gasteiger partial charge in [0, 0.05) is 48.6 Å². The van der Waals surface area contributed by atoms with Crippen molar-refractivity contribution >= 4 is 11.6 Å². The number of nitrogens with zero attached hydrogens (tertiary/aromatic N) is 4. The van der Waals surface area contributed by atoms with Crippen LogP contribution in [0.15, 0.2) is 66.8 Å². The molecule has 2 N–H and O–H groups in total. The van der Waals surface area contributed by atoms with E-state index in [0.29, 0.717) is 37.4 Å². The van der Waals surface area contributed by atoms with E-state index in [0.717, 1.165) is 17.7 Å². The first-order valence-electron chi connectivity index (χ1n) is 11.7. The number of nitrogens with one attached hydrogen (secondary N) is 1. The molecule has 1 aliphatic heterocycles. The Kier molecular flexibility index (Phi) is 7.76. The lowest BCUT2D eigenvalue weighted by molar-refractivity contribution is -0.112. The van der Waals surface area contributed by atoms with Gasteiger partial charge in [-0.1, -0.05) is 17.7 Å². The van der Waals surface area contributed by atoms with Crippen molar-refractivity contribution in [3.8, 4) is 5.75 Å². The summed E-state index contributed by atoms with van der Waals surface area (Å²) in [4.78, 5) is 18.5. The van der Waals surface area contributed by atoms with Gasteiger partial charge in [0.1, 0.15) is 35.6 Å². The molecule has 0 radical (unpaired) electrons. The zero-order valence-electron chi connectivity index (χ0n) is 20.2. The van der Waals surface area contributed by atoms with Gasteiger partial charge in [0.2, 0.25) is 5.91 Å². The largest absolute Gasteiger partial charge is 0.497 e. The number of methoxy groups -OCH3 is 1. The van der Waals surface area contributed by atoms with E-state index < -0.39 is 23.3 Å². The van der Waals surface area contributed by atoms with E-state index in [1.807, 2.05) is 11.8 Å². The molecular formula is C26H29F2N5O3. The molecule has 10 heteroatoms.